The molecule has 1 unspecified atom stereocenters. The third-order valence-corrected chi connectivity index (χ3v) is 5.72. The molecule has 2 amide bonds. The summed E-state index contributed by atoms with van der Waals surface area (Å²) < 4.78 is 68.5. The van der Waals surface area contributed by atoms with Crippen LogP contribution in [-0.2, 0) is 23.8 Å². The van der Waals surface area contributed by atoms with E-state index >= 15 is 0 Å². The summed E-state index contributed by atoms with van der Waals surface area (Å²) >= 11 is 0. The first-order chi connectivity index (χ1) is 18.7. The number of nitrogens with one attached hydrogen (secondary N) is 1. The highest BCUT2D eigenvalue weighted by atomic mass is 19.4. The van der Waals surface area contributed by atoms with Crippen LogP contribution in [0.5, 0.6) is 11.5 Å². The van der Waals surface area contributed by atoms with Crippen molar-refractivity contribution < 1.29 is 46.4 Å². The molecule has 210 valence electrons. The molecule has 0 bridgehead atoms. The molecule has 0 saturated heterocycles. The predicted octanol–water partition coefficient (Wildman–Crippen LogP) is 2.74. The normalized spacial score (nSPS) is 19.8. The van der Waals surface area contributed by atoms with Crippen molar-refractivity contribution in [1.82, 2.24) is 10.3 Å². The van der Waals surface area contributed by atoms with Gasteiger partial charge in [-0.05, 0) is 24.6 Å². The fourth-order valence-corrected chi connectivity index (χ4v) is 3.80. The van der Waals surface area contributed by atoms with E-state index in [-0.39, 0.29) is 54.3 Å². The molecule has 0 aliphatic carbocycles. The smallest absolute Gasteiger partial charge is 0.473 e. The zero-order valence-electron chi connectivity index (χ0n) is 21.2. The Balaban J connectivity index is 1.66. The molecule has 2 aliphatic rings. The Bertz CT molecular complexity index is 1190. The standard InChI is InChI=1S/C26H28F3N3O7/c1-17-2-4-18(5-3-17)23-30-24(33)22(32(31-23)25(34)26(27,28)29)19-6-7-20-21(16-19)39-15-13-37-11-9-35-8-10-36-12-14-38-20/h2-7,16,22H,8-15H2,1H3,(H,30,31,33). The van der Waals surface area contributed by atoms with Gasteiger partial charge in [-0.2, -0.15) is 18.3 Å². The van der Waals surface area contributed by atoms with Crippen LogP contribution in [0.1, 0.15) is 22.7 Å². The highest BCUT2D eigenvalue weighted by Gasteiger charge is 2.49. The summed E-state index contributed by atoms with van der Waals surface area (Å²) in [7, 11) is 0. The number of rotatable bonds is 2. The number of carbonyl (C=O) groups is 2. The SMILES string of the molecule is Cc1ccc(C2=NN(C(=O)C(F)(F)F)C(c3ccc4c(c3)OCCOCCOCCOCCO4)C(=O)N2)cc1. The van der Waals surface area contributed by atoms with Gasteiger partial charge in [-0.15, -0.1) is 0 Å². The largest absolute Gasteiger partial charge is 0.487 e. The van der Waals surface area contributed by atoms with E-state index in [0.717, 1.165) is 5.56 Å². The zero-order valence-corrected chi connectivity index (χ0v) is 21.2. The van der Waals surface area contributed by atoms with E-state index in [1.807, 2.05) is 6.92 Å². The van der Waals surface area contributed by atoms with Crippen molar-refractivity contribution >= 4 is 17.6 Å². The Hall–Kier alpha value is -3.68. The summed E-state index contributed by atoms with van der Waals surface area (Å²) in [5.41, 5.74) is 1.29. The molecular weight excluding hydrogens is 523 g/mol. The van der Waals surface area contributed by atoms with Crippen LogP contribution in [0.3, 0.4) is 0 Å². The van der Waals surface area contributed by atoms with Gasteiger partial charge in [0.15, 0.2) is 23.4 Å². The van der Waals surface area contributed by atoms with Gasteiger partial charge in [0.2, 0.25) is 0 Å². The summed E-state index contributed by atoms with van der Waals surface area (Å²) in [5.74, 6) is -2.89. The van der Waals surface area contributed by atoms with Crippen molar-refractivity contribution in [2.24, 2.45) is 5.10 Å². The summed E-state index contributed by atoms with van der Waals surface area (Å²) in [6, 6.07) is 9.07. The summed E-state index contributed by atoms with van der Waals surface area (Å²) in [6.07, 6.45) is -5.27. The quantitative estimate of drug-likeness (QED) is 0.612. The van der Waals surface area contributed by atoms with Gasteiger partial charge in [-0.3, -0.25) is 9.59 Å². The summed E-state index contributed by atoms with van der Waals surface area (Å²) in [4.78, 5) is 25.6. The Kier molecular flexibility index (Phi) is 9.38. The van der Waals surface area contributed by atoms with Crippen molar-refractivity contribution in [3.05, 3.63) is 59.2 Å². The second-order valence-corrected chi connectivity index (χ2v) is 8.59. The average molecular weight is 552 g/mol. The van der Waals surface area contributed by atoms with Gasteiger partial charge in [0.25, 0.3) is 5.91 Å². The van der Waals surface area contributed by atoms with Crippen LogP contribution >= 0.6 is 0 Å². The molecule has 10 nitrogen and oxygen atoms in total. The number of nitrogens with zero attached hydrogens (tertiary/aromatic N) is 2. The first kappa shape index (κ1) is 28.3. The number of amides is 2. The molecule has 2 aromatic rings. The summed E-state index contributed by atoms with van der Waals surface area (Å²) in [6.45, 7) is 4.05. The van der Waals surface area contributed by atoms with E-state index in [0.29, 0.717) is 32.0 Å². The average Bonchev–Trinajstić information content (AvgIpc) is 2.91. The van der Waals surface area contributed by atoms with Crippen LogP contribution in [0.2, 0.25) is 0 Å². The third-order valence-electron chi connectivity index (χ3n) is 5.72. The fraction of sp³-hybridized carbons (Fsp3) is 0.423. The van der Waals surface area contributed by atoms with E-state index in [1.165, 1.54) is 18.2 Å². The van der Waals surface area contributed by atoms with Gasteiger partial charge < -0.3 is 29.0 Å². The second kappa shape index (κ2) is 12.9. The second-order valence-electron chi connectivity index (χ2n) is 8.59. The first-order valence-corrected chi connectivity index (χ1v) is 12.2. The van der Waals surface area contributed by atoms with Gasteiger partial charge in [-0.1, -0.05) is 35.9 Å². The minimum atomic E-state index is -5.27. The highest BCUT2D eigenvalue weighted by molar-refractivity contribution is 6.12. The number of fused-ring (bicyclic) bond motifs is 1. The number of hydrogen-bond donors (Lipinski definition) is 1. The predicted molar refractivity (Wildman–Crippen MR) is 131 cm³/mol. The van der Waals surface area contributed by atoms with Crippen molar-refractivity contribution in [1.29, 1.82) is 0 Å². The highest BCUT2D eigenvalue weighted by Crippen LogP contribution is 2.36. The lowest BCUT2D eigenvalue weighted by atomic mass is 10.0. The maximum atomic E-state index is 13.6. The van der Waals surface area contributed by atoms with Crippen LogP contribution in [0, 0.1) is 6.92 Å². The Morgan fingerprint density at radius 2 is 1.44 bits per heavy atom. The molecule has 4 rings (SSSR count). The molecule has 39 heavy (non-hydrogen) atoms. The van der Waals surface area contributed by atoms with Crippen LogP contribution in [0.4, 0.5) is 13.2 Å². The Labute approximate surface area is 222 Å². The lowest BCUT2D eigenvalue weighted by Gasteiger charge is -2.32. The van der Waals surface area contributed by atoms with Gasteiger partial charge in [0, 0.05) is 5.56 Å². The van der Waals surface area contributed by atoms with E-state index < -0.39 is 24.0 Å². The zero-order chi connectivity index (χ0) is 27.8. The number of halogens is 3. The van der Waals surface area contributed by atoms with E-state index in [9.17, 15) is 22.8 Å². The van der Waals surface area contributed by atoms with Crippen LogP contribution in [0.15, 0.2) is 47.6 Å². The van der Waals surface area contributed by atoms with E-state index in [1.54, 1.807) is 24.3 Å². The number of carbonyl (C=O) groups excluding carboxylic acids is 2. The Morgan fingerprint density at radius 3 is 2.03 bits per heavy atom. The van der Waals surface area contributed by atoms with Crippen molar-refractivity contribution in [3.8, 4) is 11.5 Å². The number of amidine groups is 1. The molecular formula is C26H28F3N3O7. The maximum absolute atomic E-state index is 13.6. The van der Waals surface area contributed by atoms with Crippen LogP contribution in [-0.4, -0.2) is 81.7 Å². The first-order valence-electron chi connectivity index (χ1n) is 12.2. The van der Waals surface area contributed by atoms with Crippen LogP contribution < -0.4 is 14.8 Å². The molecule has 0 radical (unpaired) electrons. The van der Waals surface area contributed by atoms with Crippen molar-refractivity contribution in [3.63, 3.8) is 0 Å². The molecule has 1 N–H and O–H groups in total. The molecule has 0 aromatic heterocycles. The number of hydrogen-bond acceptors (Lipinski definition) is 8. The maximum Gasteiger partial charge on any atom is 0.473 e. The summed E-state index contributed by atoms with van der Waals surface area (Å²) in [5, 5.41) is 6.58. The van der Waals surface area contributed by atoms with Crippen molar-refractivity contribution in [2.45, 2.75) is 19.1 Å². The van der Waals surface area contributed by atoms with Crippen molar-refractivity contribution in [2.75, 3.05) is 52.9 Å². The Morgan fingerprint density at radius 1 is 0.872 bits per heavy atom. The molecule has 2 aromatic carbocycles. The topological polar surface area (TPSA) is 108 Å². The van der Waals surface area contributed by atoms with Gasteiger partial charge in [-0.25, -0.2) is 5.01 Å². The number of hydrazone groups is 1. The van der Waals surface area contributed by atoms with Crippen LogP contribution in [0.25, 0.3) is 0 Å². The molecule has 0 saturated carbocycles. The lowest BCUT2D eigenvalue weighted by Crippen LogP contribution is -2.52. The number of alkyl halides is 3. The molecule has 13 heteroatoms. The fourth-order valence-electron chi connectivity index (χ4n) is 3.80. The minimum Gasteiger partial charge on any atom is -0.487 e. The van der Waals surface area contributed by atoms with Gasteiger partial charge in [0.1, 0.15) is 13.2 Å². The molecule has 2 aliphatic heterocycles. The number of ether oxygens (including phenoxy) is 5. The van der Waals surface area contributed by atoms with E-state index in [2.05, 4.69) is 10.4 Å². The lowest BCUT2D eigenvalue weighted by molar-refractivity contribution is -0.189. The van der Waals surface area contributed by atoms with E-state index in [4.69, 9.17) is 23.7 Å². The molecule has 1 atom stereocenters. The molecule has 0 fully saturated rings. The van der Waals surface area contributed by atoms with Gasteiger partial charge >= 0.3 is 12.1 Å². The number of benzene rings is 2. The minimum absolute atomic E-state index is 0.0441. The molecule has 2 heterocycles. The third kappa shape index (κ3) is 7.46. The monoisotopic (exact) mass is 551 g/mol. The number of aryl methyl sites for hydroxylation is 1. The molecule has 0 spiro atoms. The van der Waals surface area contributed by atoms with Gasteiger partial charge in [0.05, 0.1) is 39.6 Å².